The van der Waals surface area contributed by atoms with Crippen LogP contribution in [0.5, 0.6) is 0 Å². The normalized spacial score (nSPS) is 11.2. The summed E-state index contributed by atoms with van der Waals surface area (Å²) in [5, 5.41) is 0. The maximum Gasteiger partial charge on any atom is 0.338 e. The van der Waals surface area contributed by atoms with Gasteiger partial charge in [-0.15, -0.1) is 0 Å². The molecule has 34 heavy (non-hydrogen) atoms. The molecule has 1 rings (SSSR count). The monoisotopic (exact) mass is 476 g/mol. The first-order valence-electron chi connectivity index (χ1n) is 13.3. The molecule has 6 nitrogen and oxygen atoms in total. The number of benzene rings is 1. The number of esters is 2. The highest BCUT2D eigenvalue weighted by atomic mass is 16.5. The Labute approximate surface area is 208 Å². The molecule has 0 aliphatic carbocycles. The number of carbonyl (C=O) groups excluding carboxylic acids is 2. The molecule has 0 amide bonds. The maximum absolute atomic E-state index is 12.2. The largest absolute Gasteiger partial charge is 0.462 e. The third kappa shape index (κ3) is 14.4. The average Bonchev–Trinajstić information content (AvgIpc) is 2.84. The molecule has 1 aromatic carbocycles. The number of nitrogens with zero attached hydrogens (tertiary/aromatic N) is 2. The molecule has 6 heteroatoms. The lowest BCUT2D eigenvalue weighted by atomic mass is 10.1. The van der Waals surface area contributed by atoms with Gasteiger partial charge in [0, 0.05) is 13.1 Å². The molecule has 0 heterocycles. The van der Waals surface area contributed by atoms with E-state index in [0.717, 1.165) is 39.0 Å². The second kappa shape index (κ2) is 19.4. The standard InChI is InChI=1S/C28H48N2O4/c1-5-7-9-11-19-29(3)21-13-23-33-27(31)25-15-17-26(18-16-25)28(32)34-24-14-22-30(4)20-12-10-8-6-2/h15-18H,5-14,19-24H2,1-4H3. The summed E-state index contributed by atoms with van der Waals surface area (Å²) in [5.41, 5.74) is 0.906. The zero-order chi connectivity index (χ0) is 25.0. The van der Waals surface area contributed by atoms with Gasteiger partial charge in [-0.05, 0) is 77.1 Å². The fourth-order valence-electron chi connectivity index (χ4n) is 3.75. The molecular formula is C28H48N2O4. The highest BCUT2D eigenvalue weighted by molar-refractivity contribution is 5.93. The smallest absolute Gasteiger partial charge is 0.338 e. The Morgan fingerprint density at radius 2 is 0.941 bits per heavy atom. The Morgan fingerprint density at radius 1 is 0.588 bits per heavy atom. The van der Waals surface area contributed by atoms with E-state index in [2.05, 4.69) is 37.7 Å². The first-order chi connectivity index (χ1) is 16.5. The van der Waals surface area contributed by atoms with Gasteiger partial charge in [-0.1, -0.05) is 52.4 Å². The summed E-state index contributed by atoms with van der Waals surface area (Å²) in [6, 6.07) is 6.51. The molecule has 0 aliphatic rings. The van der Waals surface area contributed by atoms with Crippen molar-refractivity contribution in [3.63, 3.8) is 0 Å². The molecule has 0 saturated heterocycles. The van der Waals surface area contributed by atoms with Crippen molar-refractivity contribution >= 4 is 11.9 Å². The van der Waals surface area contributed by atoms with Crippen molar-refractivity contribution in [2.45, 2.75) is 78.1 Å². The minimum atomic E-state index is -0.354. The number of hydrogen-bond acceptors (Lipinski definition) is 6. The van der Waals surface area contributed by atoms with Crippen LogP contribution in [0.4, 0.5) is 0 Å². The molecule has 0 aromatic heterocycles. The summed E-state index contributed by atoms with van der Waals surface area (Å²) in [7, 11) is 4.22. The Balaban J connectivity index is 2.20. The number of rotatable bonds is 20. The second-order valence-corrected chi connectivity index (χ2v) is 9.28. The third-order valence-electron chi connectivity index (χ3n) is 5.98. The van der Waals surface area contributed by atoms with E-state index in [1.807, 2.05) is 0 Å². The van der Waals surface area contributed by atoms with Crippen molar-refractivity contribution < 1.29 is 19.1 Å². The van der Waals surface area contributed by atoms with Gasteiger partial charge in [-0.2, -0.15) is 0 Å². The van der Waals surface area contributed by atoms with Crippen LogP contribution in [-0.2, 0) is 9.47 Å². The molecule has 1 aromatic rings. The van der Waals surface area contributed by atoms with Crippen LogP contribution in [0.2, 0.25) is 0 Å². The van der Waals surface area contributed by atoms with E-state index in [9.17, 15) is 9.59 Å². The van der Waals surface area contributed by atoms with Gasteiger partial charge >= 0.3 is 11.9 Å². The molecule has 0 bridgehead atoms. The fourth-order valence-corrected chi connectivity index (χ4v) is 3.75. The summed E-state index contributed by atoms with van der Waals surface area (Å²) in [4.78, 5) is 29.1. The third-order valence-corrected chi connectivity index (χ3v) is 5.98. The molecule has 0 unspecified atom stereocenters. The van der Waals surface area contributed by atoms with Crippen molar-refractivity contribution in [3.05, 3.63) is 35.4 Å². The molecule has 194 valence electrons. The molecule has 0 fully saturated rings. The lowest BCUT2D eigenvalue weighted by Crippen LogP contribution is -2.22. The van der Waals surface area contributed by atoms with Crippen molar-refractivity contribution in [3.8, 4) is 0 Å². The SMILES string of the molecule is CCCCCCN(C)CCCOC(=O)c1ccc(C(=O)OCCCN(C)CCCCCC)cc1. The molecule has 0 atom stereocenters. The maximum atomic E-state index is 12.2. The molecular weight excluding hydrogens is 428 g/mol. The molecule has 0 spiro atoms. The van der Waals surface area contributed by atoms with Gasteiger partial charge in [0.05, 0.1) is 24.3 Å². The van der Waals surface area contributed by atoms with E-state index >= 15 is 0 Å². The minimum Gasteiger partial charge on any atom is -0.462 e. The van der Waals surface area contributed by atoms with E-state index in [1.165, 1.54) is 51.4 Å². The zero-order valence-electron chi connectivity index (χ0n) is 22.2. The minimum absolute atomic E-state index is 0.354. The Hall–Kier alpha value is -1.92. The highest BCUT2D eigenvalue weighted by Gasteiger charge is 2.11. The van der Waals surface area contributed by atoms with Gasteiger partial charge in [0.15, 0.2) is 0 Å². The number of ether oxygens (including phenoxy) is 2. The Kier molecular flexibility index (Phi) is 17.2. The van der Waals surface area contributed by atoms with Crippen LogP contribution in [0, 0.1) is 0 Å². The van der Waals surface area contributed by atoms with Crippen molar-refractivity contribution in [1.82, 2.24) is 9.80 Å². The van der Waals surface area contributed by atoms with Gasteiger partial charge in [-0.3, -0.25) is 0 Å². The fraction of sp³-hybridized carbons (Fsp3) is 0.714. The van der Waals surface area contributed by atoms with Crippen LogP contribution in [-0.4, -0.2) is 75.2 Å². The summed E-state index contributed by atoms with van der Waals surface area (Å²) in [6.45, 7) is 9.23. The van der Waals surface area contributed by atoms with Crippen LogP contribution in [0.3, 0.4) is 0 Å². The van der Waals surface area contributed by atoms with Gasteiger partial charge in [0.25, 0.3) is 0 Å². The van der Waals surface area contributed by atoms with E-state index in [4.69, 9.17) is 9.47 Å². The van der Waals surface area contributed by atoms with Gasteiger partial charge in [0.2, 0.25) is 0 Å². The predicted molar refractivity (Wildman–Crippen MR) is 140 cm³/mol. The van der Waals surface area contributed by atoms with Gasteiger partial charge < -0.3 is 19.3 Å². The van der Waals surface area contributed by atoms with Crippen LogP contribution in [0.1, 0.15) is 98.8 Å². The van der Waals surface area contributed by atoms with E-state index in [1.54, 1.807) is 24.3 Å². The van der Waals surface area contributed by atoms with Crippen LogP contribution < -0.4 is 0 Å². The van der Waals surface area contributed by atoms with Crippen molar-refractivity contribution in [2.75, 3.05) is 53.5 Å². The predicted octanol–water partition coefficient (Wildman–Crippen LogP) is 5.80. The van der Waals surface area contributed by atoms with E-state index in [0.29, 0.717) is 24.3 Å². The van der Waals surface area contributed by atoms with Crippen molar-refractivity contribution in [2.24, 2.45) is 0 Å². The van der Waals surface area contributed by atoms with Crippen LogP contribution in [0.25, 0.3) is 0 Å². The summed E-state index contributed by atoms with van der Waals surface area (Å²) < 4.78 is 10.8. The van der Waals surface area contributed by atoms with Gasteiger partial charge in [-0.25, -0.2) is 9.59 Å². The van der Waals surface area contributed by atoms with E-state index in [-0.39, 0.29) is 11.9 Å². The summed E-state index contributed by atoms with van der Waals surface area (Å²) >= 11 is 0. The van der Waals surface area contributed by atoms with Crippen molar-refractivity contribution in [1.29, 1.82) is 0 Å². The van der Waals surface area contributed by atoms with Crippen LogP contribution in [0.15, 0.2) is 24.3 Å². The lowest BCUT2D eigenvalue weighted by Gasteiger charge is -2.16. The number of hydrogen-bond donors (Lipinski definition) is 0. The Morgan fingerprint density at radius 3 is 1.29 bits per heavy atom. The highest BCUT2D eigenvalue weighted by Crippen LogP contribution is 2.09. The number of carbonyl (C=O) groups is 2. The van der Waals surface area contributed by atoms with E-state index < -0.39 is 0 Å². The molecule has 0 N–H and O–H groups in total. The molecule has 0 saturated carbocycles. The molecule has 0 radical (unpaired) electrons. The zero-order valence-corrected chi connectivity index (χ0v) is 22.2. The Bertz CT molecular complexity index is 606. The first-order valence-corrected chi connectivity index (χ1v) is 13.3. The average molecular weight is 477 g/mol. The first kappa shape index (κ1) is 30.1. The summed E-state index contributed by atoms with van der Waals surface area (Å²) in [6.07, 6.45) is 11.7. The lowest BCUT2D eigenvalue weighted by molar-refractivity contribution is 0.0476. The second-order valence-electron chi connectivity index (χ2n) is 9.28. The van der Waals surface area contributed by atoms with Crippen LogP contribution >= 0.6 is 0 Å². The van der Waals surface area contributed by atoms with Gasteiger partial charge in [0.1, 0.15) is 0 Å². The topological polar surface area (TPSA) is 59.1 Å². The number of unbranched alkanes of at least 4 members (excludes halogenated alkanes) is 6. The quantitative estimate of drug-likeness (QED) is 0.175. The molecule has 0 aliphatic heterocycles. The summed E-state index contributed by atoms with van der Waals surface area (Å²) in [5.74, 6) is -0.708.